The number of ether oxygens (including phenoxy) is 1. The maximum Gasteiger partial charge on any atom is 0.110 e. The average molecular weight is 312 g/mol. The largest absolute Gasteiger partial charge is 0.511 e. The van der Waals surface area contributed by atoms with Crippen LogP contribution in [0.2, 0.25) is 0 Å². The second kappa shape index (κ2) is 5.83. The van der Waals surface area contributed by atoms with Gasteiger partial charge >= 0.3 is 0 Å². The summed E-state index contributed by atoms with van der Waals surface area (Å²) < 4.78 is 6.35. The summed E-state index contributed by atoms with van der Waals surface area (Å²) >= 11 is 0. The number of aliphatic hydroxyl groups is 1. The molecule has 3 aliphatic rings. The Bertz CT molecular complexity index is 643. The molecule has 0 saturated heterocycles. The van der Waals surface area contributed by atoms with E-state index in [0.717, 1.165) is 18.4 Å². The molecule has 1 heterocycles. The molecule has 0 radical (unpaired) electrons. The summed E-state index contributed by atoms with van der Waals surface area (Å²) in [6.45, 7) is 8.48. The molecule has 23 heavy (non-hydrogen) atoms. The quantitative estimate of drug-likeness (QED) is 0.689. The van der Waals surface area contributed by atoms with Gasteiger partial charge in [0.05, 0.1) is 11.7 Å². The topological polar surface area (TPSA) is 29.5 Å². The van der Waals surface area contributed by atoms with Gasteiger partial charge in [-0.15, -0.1) is 0 Å². The molecule has 0 aromatic rings. The Labute approximate surface area is 139 Å². The molecule has 2 unspecified atom stereocenters. The fourth-order valence-electron chi connectivity index (χ4n) is 3.84. The Morgan fingerprint density at radius 1 is 1.22 bits per heavy atom. The Morgan fingerprint density at radius 3 is 2.74 bits per heavy atom. The van der Waals surface area contributed by atoms with Crippen LogP contribution in [0, 0.1) is 5.41 Å². The lowest BCUT2D eigenvalue weighted by Gasteiger charge is -2.48. The Hall–Kier alpha value is -1.54. The first kappa shape index (κ1) is 16.3. The zero-order valence-corrected chi connectivity index (χ0v) is 14.7. The van der Waals surface area contributed by atoms with Crippen LogP contribution in [-0.2, 0) is 4.74 Å². The molecule has 2 atom stereocenters. The van der Waals surface area contributed by atoms with Gasteiger partial charge in [0.25, 0.3) is 0 Å². The molecule has 0 saturated carbocycles. The van der Waals surface area contributed by atoms with Crippen LogP contribution in [0.3, 0.4) is 0 Å². The van der Waals surface area contributed by atoms with Crippen molar-refractivity contribution >= 4 is 0 Å². The maximum atomic E-state index is 10.9. The van der Waals surface area contributed by atoms with Crippen molar-refractivity contribution in [2.45, 2.75) is 65.1 Å². The van der Waals surface area contributed by atoms with Crippen molar-refractivity contribution in [1.29, 1.82) is 0 Å². The summed E-state index contributed by atoms with van der Waals surface area (Å²) in [5, 5.41) is 10.9. The molecule has 0 aromatic heterocycles. The zero-order chi connectivity index (χ0) is 16.7. The summed E-state index contributed by atoms with van der Waals surface area (Å²) in [5.74, 6) is 0.415. The predicted octanol–water partition coefficient (Wildman–Crippen LogP) is 5.55. The summed E-state index contributed by atoms with van der Waals surface area (Å²) in [6.07, 6.45) is 17.2. The van der Waals surface area contributed by atoms with Gasteiger partial charge in [-0.3, -0.25) is 0 Å². The molecular weight excluding hydrogens is 284 g/mol. The minimum Gasteiger partial charge on any atom is -0.511 e. The highest BCUT2D eigenvalue weighted by atomic mass is 16.5. The third kappa shape index (κ3) is 2.85. The van der Waals surface area contributed by atoms with E-state index in [1.165, 1.54) is 24.0 Å². The second-order valence-electron chi connectivity index (χ2n) is 7.56. The van der Waals surface area contributed by atoms with Crippen LogP contribution >= 0.6 is 0 Å². The molecule has 3 rings (SSSR count). The van der Waals surface area contributed by atoms with Crippen LogP contribution in [0.4, 0.5) is 0 Å². The van der Waals surface area contributed by atoms with Crippen molar-refractivity contribution < 1.29 is 9.84 Å². The number of rotatable bonds is 4. The fraction of sp³-hybridized carbons (Fsp3) is 0.524. The Morgan fingerprint density at radius 2 is 2.00 bits per heavy atom. The molecule has 0 fully saturated rings. The smallest absolute Gasteiger partial charge is 0.110 e. The van der Waals surface area contributed by atoms with Gasteiger partial charge < -0.3 is 9.84 Å². The van der Waals surface area contributed by atoms with Crippen molar-refractivity contribution in [3.63, 3.8) is 0 Å². The molecule has 1 N–H and O–H groups in total. The average Bonchev–Trinajstić information content (AvgIpc) is 2.45. The highest BCUT2D eigenvalue weighted by Gasteiger charge is 2.50. The minimum absolute atomic E-state index is 0.139. The SMILES string of the molecule is CCCCCC1=CC2OC(C)(C)C=C3C=C(C)C=CC32C(O)=C1. The van der Waals surface area contributed by atoms with E-state index in [1.807, 2.05) is 6.08 Å². The molecule has 2 aliphatic carbocycles. The van der Waals surface area contributed by atoms with Crippen LogP contribution in [0.1, 0.15) is 53.4 Å². The Balaban J connectivity index is 1.99. The van der Waals surface area contributed by atoms with Crippen LogP contribution in [-0.4, -0.2) is 16.8 Å². The monoisotopic (exact) mass is 312 g/mol. The normalized spacial score (nSPS) is 31.4. The summed E-state index contributed by atoms with van der Waals surface area (Å²) in [7, 11) is 0. The van der Waals surface area contributed by atoms with Gasteiger partial charge in [0.1, 0.15) is 11.2 Å². The van der Waals surface area contributed by atoms with E-state index in [9.17, 15) is 5.11 Å². The standard InChI is InChI=1S/C21H28O2/c1-5-6-7-8-16-12-18(22)21-10-9-15(2)11-17(21)14-20(3,4)23-19(21)13-16/h9-14,19,22H,5-8H2,1-4H3. The summed E-state index contributed by atoms with van der Waals surface area (Å²) in [5.41, 5.74) is 2.70. The van der Waals surface area contributed by atoms with Gasteiger partial charge in [0.2, 0.25) is 0 Å². The molecular formula is C21H28O2. The van der Waals surface area contributed by atoms with E-state index in [-0.39, 0.29) is 11.7 Å². The zero-order valence-electron chi connectivity index (χ0n) is 14.7. The van der Waals surface area contributed by atoms with E-state index >= 15 is 0 Å². The predicted molar refractivity (Wildman–Crippen MR) is 95.3 cm³/mol. The van der Waals surface area contributed by atoms with Crippen molar-refractivity contribution in [3.05, 3.63) is 58.9 Å². The first-order valence-corrected chi connectivity index (χ1v) is 8.78. The van der Waals surface area contributed by atoms with E-state index in [1.54, 1.807) is 0 Å². The molecule has 0 amide bonds. The highest BCUT2D eigenvalue weighted by Crippen LogP contribution is 2.52. The van der Waals surface area contributed by atoms with E-state index in [4.69, 9.17) is 4.74 Å². The lowest BCUT2D eigenvalue weighted by Crippen LogP contribution is -2.48. The molecule has 0 bridgehead atoms. The van der Waals surface area contributed by atoms with Gasteiger partial charge in [-0.1, -0.05) is 49.6 Å². The van der Waals surface area contributed by atoms with Gasteiger partial charge in [0.15, 0.2) is 0 Å². The van der Waals surface area contributed by atoms with Crippen molar-refractivity contribution in [3.8, 4) is 0 Å². The van der Waals surface area contributed by atoms with Gasteiger partial charge in [-0.25, -0.2) is 0 Å². The summed E-state index contributed by atoms with van der Waals surface area (Å²) in [6, 6.07) is 0. The number of hydrogen-bond acceptors (Lipinski definition) is 2. The molecule has 0 aromatic carbocycles. The lowest BCUT2D eigenvalue weighted by atomic mass is 9.65. The van der Waals surface area contributed by atoms with E-state index in [2.05, 4.69) is 58.1 Å². The molecule has 1 aliphatic heterocycles. The third-order valence-corrected chi connectivity index (χ3v) is 5.03. The highest BCUT2D eigenvalue weighted by molar-refractivity contribution is 5.55. The van der Waals surface area contributed by atoms with Crippen molar-refractivity contribution in [2.75, 3.05) is 0 Å². The van der Waals surface area contributed by atoms with Gasteiger partial charge in [-0.05, 0) is 56.9 Å². The Kier molecular flexibility index (Phi) is 4.14. The van der Waals surface area contributed by atoms with Crippen LogP contribution in [0.5, 0.6) is 0 Å². The maximum absolute atomic E-state index is 10.9. The van der Waals surface area contributed by atoms with Crippen LogP contribution < -0.4 is 0 Å². The minimum atomic E-state index is -0.538. The number of allylic oxidation sites excluding steroid dienone is 5. The lowest BCUT2D eigenvalue weighted by molar-refractivity contribution is -0.0700. The van der Waals surface area contributed by atoms with E-state index in [0.29, 0.717) is 5.76 Å². The molecule has 1 spiro atoms. The van der Waals surface area contributed by atoms with Crippen LogP contribution in [0.25, 0.3) is 0 Å². The van der Waals surface area contributed by atoms with E-state index < -0.39 is 5.41 Å². The first-order valence-electron chi connectivity index (χ1n) is 8.78. The fourth-order valence-corrected chi connectivity index (χ4v) is 3.84. The second-order valence-corrected chi connectivity index (χ2v) is 7.56. The number of unbranched alkanes of at least 4 members (excludes halogenated alkanes) is 2. The third-order valence-electron chi connectivity index (χ3n) is 5.03. The first-order chi connectivity index (χ1) is 10.9. The molecule has 2 nitrogen and oxygen atoms in total. The number of aliphatic hydroxyl groups excluding tert-OH is 1. The van der Waals surface area contributed by atoms with Crippen LogP contribution in [0.15, 0.2) is 58.9 Å². The molecule has 124 valence electrons. The molecule has 2 heteroatoms. The van der Waals surface area contributed by atoms with Crippen molar-refractivity contribution in [1.82, 2.24) is 0 Å². The summed E-state index contributed by atoms with van der Waals surface area (Å²) in [4.78, 5) is 0. The van der Waals surface area contributed by atoms with Gasteiger partial charge in [0, 0.05) is 0 Å². The number of hydrogen-bond donors (Lipinski definition) is 1. The van der Waals surface area contributed by atoms with Gasteiger partial charge in [-0.2, -0.15) is 0 Å². The van der Waals surface area contributed by atoms with Crippen molar-refractivity contribution in [2.24, 2.45) is 5.41 Å².